The van der Waals surface area contributed by atoms with Crippen molar-refractivity contribution in [3.63, 3.8) is 0 Å². The predicted octanol–water partition coefficient (Wildman–Crippen LogP) is 4.20. The van der Waals surface area contributed by atoms with E-state index in [0.29, 0.717) is 6.42 Å². The number of anilines is 1. The van der Waals surface area contributed by atoms with Crippen LogP contribution >= 0.6 is 0 Å². The summed E-state index contributed by atoms with van der Waals surface area (Å²) in [4.78, 5) is 28.8. The van der Waals surface area contributed by atoms with Gasteiger partial charge in [-0.3, -0.25) is 9.59 Å². The first kappa shape index (κ1) is 17.0. The van der Waals surface area contributed by atoms with Crippen LogP contribution in [0, 0.1) is 0 Å². The molecule has 4 heteroatoms. The number of para-hydroxylation sites is 1. The monoisotopic (exact) mass is 361 g/mol. The van der Waals surface area contributed by atoms with E-state index in [1.54, 1.807) is 11.9 Å². The van der Waals surface area contributed by atoms with Gasteiger partial charge in [0.1, 0.15) is 5.41 Å². The van der Waals surface area contributed by atoms with Gasteiger partial charge in [0.05, 0.1) is 8.07 Å². The van der Waals surface area contributed by atoms with Crippen molar-refractivity contribution < 1.29 is 9.59 Å². The fourth-order valence-electron chi connectivity index (χ4n) is 4.49. The molecule has 0 aromatic heterocycles. The van der Waals surface area contributed by atoms with E-state index in [0.717, 1.165) is 27.6 Å². The molecule has 1 atom stereocenters. The Kier molecular flexibility index (Phi) is 3.60. The number of allylic oxidation sites excluding steroid dienone is 2. The molecule has 1 aliphatic carbocycles. The molecule has 1 heterocycles. The quantitative estimate of drug-likeness (QED) is 0.594. The van der Waals surface area contributed by atoms with Gasteiger partial charge >= 0.3 is 0 Å². The largest absolute Gasteiger partial charge is 0.314 e. The van der Waals surface area contributed by atoms with Gasteiger partial charge in [0, 0.05) is 12.7 Å². The number of carbonyl (C=O) groups is 2. The van der Waals surface area contributed by atoms with Gasteiger partial charge < -0.3 is 4.90 Å². The Morgan fingerprint density at radius 1 is 0.923 bits per heavy atom. The number of Topliss-reactive ketones (excluding diaryl/α,β-unsaturated/α-hetero) is 1. The van der Waals surface area contributed by atoms with Crippen LogP contribution in [0.3, 0.4) is 0 Å². The molecule has 132 valence electrons. The molecular weight excluding hydrogens is 338 g/mol. The van der Waals surface area contributed by atoms with E-state index in [2.05, 4.69) is 31.8 Å². The number of benzene rings is 2. The highest BCUT2D eigenvalue weighted by Gasteiger charge is 2.61. The van der Waals surface area contributed by atoms with Gasteiger partial charge in [-0.05, 0) is 34.4 Å². The van der Waals surface area contributed by atoms with Crippen LogP contribution in [0.2, 0.25) is 19.6 Å². The van der Waals surface area contributed by atoms with Gasteiger partial charge in [-0.25, -0.2) is 0 Å². The van der Waals surface area contributed by atoms with Crippen molar-refractivity contribution in [2.45, 2.75) is 31.5 Å². The van der Waals surface area contributed by atoms with Crippen molar-refractivity contribution in [1.29, 1.82) is 0 Å². The number of carbonyl (C=O) groups excluding carboxylic acids is 2. The zero-order chi connectivity index (χ0) is 18.7. The van der Waals surface area contributed by atoms with Gasteiger partial charge in [-0.15, -0.1) is 0 Å². The topological polar surface area (TPSA) is 37.4 Å². The minimum absolute atomic E-state index is 0.0253. The number of amides is 1. The molecule has 2 aliphatic rings. The molecule has 1 aliphatic heterocycles. The lowest BCUT2D eigenvalue weighted by molar-refractivity contribution is -0.130. The molecule has 0 N–H and O–H groups in total. The second-order valence-corrected chi connectivity index (χ2v) is 13.3. The summed E-state index contributed by atoms with van der Waals surface area (Å²) in [5.74, 6) is -0.0669. The molecule has 3 nitrogen and oxygen atoms in total. The third-order valence-corrected chi connectivity index (χ3v) is 7.65. The van der Waals surface area contributed by atoms with E-state index in [-0.39, 0.29) is 11.7 Å². The molecule has 0 radical (unpaired) electrons. The summed E-state index contributed by atoms with van der Waals surface area (Å²) in [6.45, 7) is 6.58. The number of rotatable bonds is 2. The maximum Gasteiger partial charge on any atom is 0.245 e. The Labute approximate surface area is 155 Å². The van der Waals surface area contributed by atoms with Gasteiger partial charge in [0.25, 0.3) is 0 Å². The SMILES string of the molecule is CN1C(=O)[C@]2(CC(c3ccccc3)=C([Si](C)(C)C)C2=O)c2ccccc21. The number of fused-ring (bicyclic) bond motifs is 2. The molecule has 0 bridgehead atoms. The average Bonchev–Trinajstić information content (AvgIpc) is 3.05. The number of hydrogen-bond acceptors (Lipinski definition) is 2. The molecular formula is C22H23NO2Si. The van der Waals surface area contributed by atoms with E-state index >= 15 is 0 Å². The summed E-state index contributed by atoms with van der Waals surface area (Å²) in [5.41, 5.74) is 2.77. The predicted molar refractivity (Wildman–Crippen MR) is 108 cm³/mol. The first-order valence-electron chi connectivity index (χ1n) is 9.00. The maximum atomic E-state index is 13.8. The molecule has 0 saturated carbocycles. The fraction of sp³-hybridized carbons (Fsp3) is 0.273. The number of ketones is 1. The lowest BCUT2D eigenvalue weighted by Crippen LogP contribution is -2.45. The zero-order valence-corrected chi connectivity index (χ0v) is 16.7. The molecule has 1 spiro atoms. The smallest absolute Gasteiger partial charge is 0.245 e. The Bertz CT molecular complexity index is 956. The third kappa shape index (κ3) is 2.11. The van der Waals surface area contributed by atoms with Crippen LogP contribution in [-0.2, 0) is 15.0 Å². The van der Waals surface area contributed by atoms with Gasteiger partial charge in [0.2, 0.25) is 5.91 Å². The minimum Gasteiger partial charge on any atom is -0.314 e. The van der Waals surface area contributed by atoms with E-state index in [1.807, 2.05) is 42.5 Å². The van der Waals surface area contributed by atoms with Crippen molar-refractivity contribution in [2.24, 2.45) is 0 Å². The van der Waals surface area contributed by atoms with Gasteiger partial charge in [0.15, 0.2) is 5.78 Å². The Morgan fingerprint density at radius 3 is 2.19 bits per heavy atom. The molecule has 2 aromatic carbocycles. The second-order valence-electron chi connectivity index (χ2n) is 8.26. The molecule has 0 saturated heterocycles. The average molecular weight is 362 g/mol. The van der Waals surface area contributed by atoms with E-state index in [9.17, 15) is 9.59 Å². The Balaban J connectivity index is 1.97. The molecule has 26 heavy (non-hydrogen) atoms. The summed E-state index contributed by atoms with van der Waals surface area (Å²) in [7, 11) is -0.164. The molecule has 2 aromatic rings. The standard InChI is InChI=1S/C22H23NO2Si/c1-23-18-13-9-8-12-17(18)22(21(23)25)14-16(15-10-6-5-7-11-15)19(20(22)24)26(2,3)4/h5-13H,14H2,1-4H3/t22-/m1/s1. The lowest BCUT2D eigenvalue weighted by atomic mass is 9.77. The van der Waals surface area contributed by atoms with Crippen LogP contribution in [0.25, 0.3) is 5.57 Å². The summed E-state index contributed by atoms with van der Waals surface area (Å²) in [5, 5.41) is 0.919. The molecule has 4 rings (SSSR count). The first-order valence-corrected chi connectivity index (χ1v) is 12.5. The highest BCUT2D eigenvalue weighted by Crippen LogP contribution is 2.54. The summed E-state index contributed by atoms with van der Waals surface area (Å²) >= 11 is 0. The number of likely N-dealkylation sites (N-methyl/N-ethyl adjacent to an activating group) is 1. The van der Waals surface area contributed by atoms with Crippen molar-refractivity contribution in [3.05, 3.63) is 70.9 Å². The lowest BCUT2D eigenvalue weighted by Gasteiger charge is -2.24. The minimum atomic E-state index is -1.94. The van der Waals surface area contributed by atoms with E-state index < -0.39 is 13.5 Å². The Morgan fingerprint density at radius 2 is 1.54 bits per heavy atom. The van der Waals surface area contributed by atoms with Crippen molar-refractivity contribution in [3.8, 4) is 0 Å². The fourth-order valence-corrected chi connectivity index (χ4v) is 6.52. The van der Waals surface area contributed by atoms with Crippen LogP contribution in [0.5, 0.6) is 0 Å². The van der Waals surface area contributed by atoms with Crippen LogP contribution in [0.4, 0.5) is 5.69 Å². The molecule has 0 fully saturated rings. The summed E-state index contributed by atoms with van der Waals surface area (Å²) < 4.78 is 0. The third-order valence-electron chi connectivity index (χ3n) is 5.63. The van der Waals surface area contributed by atoms with E-state index in [4.69, 9.17) is 0 Å². The van der Waals surface area contributed by atoms with Crippen LogP contribution in [-0.4, -0.2) is 26.8 Å². The first-order chi connectivity index (χ1) is 12.3. The van der Waals surface area contributed by atoms with Crippen molar-refractivity contribution in [2.75, 3.05) is 11.9 Å². The zero-order valence-electron chi connectivity index (χ0n) is 15.7. The van der Waals surface area contributed by atoms with Crippen LogP contribution in [0.15, 0.2) is 59.8 Å². The second kappa shape index (κ2) is 5.51. The highest BCUT2D eigenvalue weighted by molar-refractivity contribution is 6.89. The molecule has 0 unspecified atom stereocenters. The Hall–Kier alpha value is -2.46. The number of hydrogen-bond donors (Lipinski definition) is 0. The molecule has 1 amide bonds. The van der Waals surface area contributed by atoms with Gasteiger partial charge in [-0.2, -0.15) is 0 Å². The maximum absolute atomic E-state index is 13.8. The summed E-state index contributed by atoms with van der Waals surface area (Å²) in [6.07, 6.45) is 0.468. The van der Waals surface area contributed by atoms with Crippen LogP contribution < -0.4 is 4.90 Å². The van der Waals surface area contributed by atoms with Crippen molar-refractivity contribution >= 4 is 31.0 Å². The van der Waals surface area contributed by atoms with Gasteiger partial charge in [-0.1, -0.05) is 68.2 Å². The van der Waals surface area contributed by atoms with Crippen LogP contribution in [0.1, 0.15) is 17.5 Å². The highest BCUT2D eigenvalue weighted by atomic mass is 28.3. The van der Waals surface area contributed by atoms with Crippen molar-refractivity contribution in [1.82, 2.24) is 0 Å². The summed E-state index contributed by atoms with van der Waals surface area (Å²) in [6, 6.07) is 17.8. The number of nitrogens with zero attached hydrogens (tertiary/aromatic N) is 1. The normalized spacial score (nSPS) is 22.5. The van der Waals surface area contributed by atoms with E-state index in [1.165, 1.54) is 0 Å².